The van der Waals surface area contributed by atoms with Crippen LogP contribution >= 0.6 is 0 Å². The maximum atomic E-state index is 13.0. The quantitative estimate of drug-likeness (QED) is 0.715. The molecule has 4 heteroatoms. The highest BCUT2D eigenvalue weighted by Crippen LogP contribution is 2.48. The molecule has 0 amide bonds. The maximum Gasteiger partial charge on any atom is 0.150 e. The molecule has 0 radical (unpaired) electrons. The fourth-order valence-corrected chi connectivity index (χ4v) is 3.03. The number of ketones is 2. The number of aromatic nitrogens is 1. The summed E-state index contributed by atoms with van der Waals surface area (Å²) in [5.74, 6) is -0.0721. The van der Waals surface area contributed by atoms with Crippen LogP contribution in [0.3, 0.4) is 0 Å². The molecule has 1 fully saturated rings. The normalized spacial score (nSPS) is 15.2. The van der Waals surface area contributed by atoms with E-state index in [1.807, 2.05) is 12.1 Å². The zero-order valence-corrected chi connectivity index (χ0v) is 14.6. The van der Waals surface area contributed by atoms with Gasteiger partial charge in [-0.05, 0) is 48.1 Å². The van der Waals surface area contributed by atoms with Crippen LogP contribution < -0.4 is 0 Å². The second-order valence-electron chi connectivity index (χ2n) is 7.15. The Morgan fingerprint density at radius 1 is 1.00 bits per heavy atom. The molecule has 1 aliphatic rings. The Balaban J connectivity index is 1.66. The molecule has 0 saturated heterocycles. The number of Topliss-reactive ketones (excluding diaryl/α,β-unsaturated/α-hetero) is 2. The molecule has 1 aromatic carbocycles. The molecule has 3 nitrogen and oxygen atoms in total. The number of carbonyl (C=O) groups excluding carboxylic acids is 2. The third-order valence-corrected chi connectivity index (χ3v) is 4.90. The Labute approximate surface area is 147 Å². The predicted molar refractivity (Wildman–Crippen MR) is 93.8 cm³/mol. The van der Waals surface area contributed by atoms with Crippen molar-refractivity contribution in [3.05, 3.63) is 65.2 Å². The van der Waals surface area contributed by atoms with Crippen LogP contribution in [0.15, 0.2) is 42.6 Å². The van der Waals surface area contributed by atoms with Crippen LogP contribution in [0.4, 0.5) is 4.39 Å². The second-order valence-corrected chi connectivity index (χ2v) is 7.15. The van der Waals surface area contributed by atoms with E-state index in [1.54, 1.807) is 18.3 Å². The van der Waals surface area contributed by atoms with Crippen molar-refractivity contribution in [2.45, 2.75) is 45.4 Å². The number of pyridine rings is 1. The van der Waals surface area contributed by atoms with Gasteiger partial charge in [-0.25, -0.2) is 4.39 Å². The third-order valence-electron chi connectivity index (χ3n) is 4.90. The van der Waals surface area contributed by atoms with Crippen molar-refractivity contribution >= 4 is 11.6 Å². The third kappa shape index (κ3) is 3.84. The van der Waals surface area contributed by atoms with Gasteiger partial charge in [0, 0.05) is 24.7 Å². The van der Waals surface area contributed by atoms with Gasteiger partial charge in [-0.2, -0.15) is 0 Å². The lowest BCUT2D eigenvalue weighted by Crippen LogP contribution is -2.29. The molecule has 2 aromatic rings. The molecule has 3 rings (SSSR count). The lowest BCUT2D eigenvalue weighted by molar-refractivity contribution is -0.133. The summed E-state index contributed by atoms with van der Waals surface area (Å²) in [5.41, 5.74) is 1.74. The Bertz CT molecular complexity index is 775. The molecule has 130 valence electrons. The Kier molecular flexibility index (Phi) is 4.80. The fraction of sp³-hybridized carbons (Fsp3) is 0.381. The highest BCUT2D eigenvalue weighted by Gasteiger charge is 2.54. The van der Waals surface area contributed by atoms with E-state index in [0.717, 1.165) is 16.8 Å². The molecule has 1 aromatic heterocycles. The molecule has 1 saturated carbocycles. The minimum Gasteiger partial charge on any atom is -0.298 e. The van der Waals surface area contributed by atoms with Gasteiger partial charge in [0.25, 0.3) is 0 Å². The summed E-state index contributed by atoms with van der Waals surface area (Å²) >= 11 is 0. The number of carbonyl (C=O) groups is 2. The van der Waals surface area contributed by atoms with E-state index in [9.17, 15) is 14.0 Å². The van der Waals surface area contributed by atoms with E-state index in [-0.39, 0.29) is 30.2 Å². The first-order valence-corrected chi connectivity index (χ1v) is 8.66. The summed E-state index contributed by atoms with van der Waals surface area (Å²) in [6, 6.07) is 9.73. The van der Waals surface area contributed by atoms with Crippen molar-refractivity contribution in [2.24, 2.45) is 5.41 Å². The zero-order chi connectivity index (χ0) is 18.0. The van der Waals surface area contributed by atoms with Crippen molar-refractivity contribution in [2.75, 3.05) is 0 Å². The zero-order valence-electron chi connectivity index (χ0n) is 14.6. The largest absolute Gasteiger partial charge is 0.298 e. The lowest BCUT2D eigenvalue weighted by atomic mass is 9.88. The summed E-state index contributed by atoms with van der Waals surface area (Å²) in [7, 11) is 0. The molecule has 0 unspecified atom stereocenters. The van der Waals surface area contributed by atoms with Gasteiger partial charge in [-0.15, -0.1) is 0 Å². The second kappa shape index (κ2) is 6.87. The first-order chi connectivity index (χ1) is 11.9. The molecule has 1 heterocycles. The summed E-state index contributed by atoms with van der Waals surface area (Å²) in [4.78, 5) is 29.7. The number of halogens is 1. The number of benzene rings is 1. The van der Waals surface area contributed by atoms with E-state index in [4.69, 9.17) is 0 Å². The van der Waals surface area contributed by atoms with Crippen LogP contribution in [0.1, 0.15) is 49.4 Å². The highest BCUT2D eigenvalue weighted by molar-refractivity contribution is 6.10. The minimum atomic E-state index is -0.842. The number of rotatable bonds is 7. The smallest absolute Gasteiger partial charge is 0.150 e. The van der Waals surface area contributed by atoms with Gasteiger partial charge in [-0.3, -0.25) is 14.6 Å². The molecule has 25 heavy (non-hydrogen) atoms. The minimum absolute atomic E-state index is 0.0290. The van der Waals surface area contributed by atoms with Crippen LogP contribution in [0.25, 0.3) is 0 Å². The van der Waals surface area contributed by atoms with Crippen molar-refractivity contribution in [1.82, 2.24) is 4.98 Å². The Morgan fingerprint density at radius 2 is 1.56 bits per heavy atom. The summed E-state index contributed by atoms with van der Waals surface area (Å²) in [5, 5.41) is 0. The van der Waals surface area contributed by atoms with Gasteiger partial charge >= 0.3 is 0 Å². The van der Waals surface area contributed by atoms with Gasteiger partial charge in [-0.1, -0.05) is 32.0 Å². The van der Waals surface area contributed by atoms with Crippen LogP contribution in [0.5, 0.6) is 0 Å². The monoisotopic (exact) mass is 339 g/mol. The van der Waals surface area contributed by atoms with Crippen LogP contribution in [-0.4, -0.2) is 16.6 Å². The van der Waals surface area contributed by atoms with Gasteiger partial charge in [0.05, 0.1) is 5.41 Å². The van der Waals surface area contributed by atoms with Crippen molar-refractivity contribution < 1.29 is 14.0 Å². The van der Waals surface area contributed by atoms with Crippen LogP contribution in [0, 0.1) is 11.2 Å². The van der Waals surface area contributed by atoms with Crippen LogP contribution in [0.2, 0.25) is 0 Å². The topological polar surface area (TPSA) is 47.0 Å². The average molecular weight is 339 g/mol. The summed E-state index contributed by atoms with van der Waals surface area (Å²) < 4.78 is 13.0. The van der Waals surface area contributed by atoms with E-state index >= 15 is 0 Å². The van der Waals surface area contributed by atoms with Crippen molar-refractivity contribution in [1.29, 1.82) is 0 Å². The molecule has 0 aliphatic heterocycles. The average Bonchev–Trinajstić information content (AvgIpc) is 3.39. The van der Waals surface area contributed by atoms with E-state index in [1.165, 1.54) is 12.1 Å². The van der Waals surface area contributed by atoms with Gasteiger partial charge in [0.2, 0.25) is 0 Å². The maximum absolute atomic E-state index is 13.0. The van der Waals surface area contributed by atoms with Crippen molar-refractivity contribution in [3.8, 4) is 0 Å². The predicted octanol–water partition coefficient (Wildman–Crippen LogP) is 4.05. The van der Waals surface area contributed by atoms with Gasteiger partial charge in [0.15, 0.2) is 11.6 Å². The first-order valence-electron chi connectivity index (χ1n) is 8.66. The highest BCUT2D eigenvalue weighted by atomic mass is 19.1. The van der Waals surface area contributed by atoms with E-state index in [2.05, 4.69) is 18.8 Å². The molecule has 0 spiro atoms. The lowest BCUT2D eigenvalue weighted by Gasteiger charge is -2.13. The summed E-state index contributed by atoms with van der Waals surface area (Å²) in [6.07, 6.45) is 3.37. The molecule has 0 N–H and O–H groups in total. The summed E-state index contributed by atoms with van der Waals surface area (Å²) in [6.45, 7) is 4.14. The van der Waals surface area contributed by atoms with Gasteiger partial charge in [0.1, 0.15) is 5.82 Å². The molecule has 0 atom stereocenters. The standard InChI is InChI=1S/C21H22FNO2/c1-14(2)18-8-5-16(13-23-18)12-20(25)21(9-10-21)19(24)11-15-3-6-17(22)7-4-15/h3-8,13-14H,9-12H2,1-2H3. The Morgan fingerprint density at radius 3 is 2.04 bits per heavy atom. The molecular formula is C21H22FNO2. The molecular weight excluding hydrogens is 317 g/mol. The number of nitrogens with zero attached hydrogens (tertiary/aromatic N) is 1. The van der Waals surface area contributed by atoms with Crippen molar-refractivity contribution in [3.63, 3.8) is 0 Å². The number of hydrogen-bond donors (Lipinski definition) is 0. The van der Waals surface area contributed by atoms with Crippen LogP contribution in [-0.2, 0) is 22.4 Å². The fourth-order valence-electron chi connectivity index (χ4n) is 3.03. The number of hydrogen-bond acceptors (Lipinski definition) is 3. The van der Waals surface area contributed by atoms with E-state index in [0.29, 0.717) is 18.8 Å². The molecule has 0 bridgehead atoms. The SMILES string of the molecule is CC(C)c1ccc(CC(=O)C2(C(=O)Cc3ccc(F)cc3)CC2)cn1. The molecule has 1 aliphatic carbocycles. The Hall–Kier alpha value is -2.36. The van der Waals surface area contributed by atoms with E-state index < -0.39 is 5.41 Å². The first kappa shape index (κ1) is 17.5. The van der Waals surface area contributed by atoms with Gasteiger partial charge < -0.3 is 0 Å².